The lowest BCUT2D eigenvalue weighted by Gasteiger charge is -2.39. The summed E-state index contributed by atoms with van der Waals surface area (Å²) in [6, 6.07) is 11.4. The Hall–Kier alpha value is -0.900. The lowest BCUT2D eigenvalue weighted by molar-refractivity contribution is 0.105. The van der Waals surface area contributed by atoms with E-state index >= 15 is 0 Å². The fourth-order valence-corrected chi connectivity index (χ4v) is 3.77. The van der Waals surface area contributed by atoms with Crippen LogP contribution in [0, 0.1) is 5.41 Å². The molecule has 2 rings (SSSR count). The summed E-state index contributed by atoms with van der Waals surface area (Å²) in [5, 5.41) is 3.44. The molecule has 0 bridgehead atoms. The van der Waals surface area contributed by atoms with Crippen molar-refractivity contribution in [2.24, 2.45) is 5.41 Å². The van der Waals surface area contributed by atoms with Gasteiger partial charge in [-0.05, 0) is 44.5 Å². The average molecular weight is 303 g/mol. The molecule has 0 radical (unpaired) electrons. The third kappa shape index (κ3) is 5.71. The number of hydrogen-bond donors (Lipinski definition) is 1. The van der Waals surface area contributed by atoms with Crippen molar-refractivity contribution in [2.75, 3.05) is 40.3 Å². The molecule has 0 aromatic heterocycles. The average Bonchev–Trinajstić information content (AvgIpc) is 2.47. The van der Waals surface area contributed by atoms with Crippen LogP contribution >= 0.6 is 0 Å². The van der Waals surface area contributed by atoms with E-state index in [0.29, 0.717) is 11.5 Å². The van der Waals surface area contributed by atoms with Crippen LogP contribution in [0.25, 0.3) is 0 Å². The van der Waals surface area contributed by atoms with Crippen LogP contribution in [0.4, 0.5) is 0 Å². The molecule has 1 heterocycles. The molecule has 1 fully saturated rings. The third-order valence-electron chi connectivity index (χ3n) is 4.56. The molecule has 0 saturated carbocycles. The monoisotopic (exact) mass is 303 g/mol. The summed E-state index contributed by atoms with van der Waals surface area (Å²) in [5.74, 6) is 0. The van der Waals surface area contributed by atoms with Crippen LogP contribution in [0.3, 0.4) is 0 Å². The van der Waals surface area contributed by atoms with E-state index in [1.54, 1.807) is 0 Å². The van der Waals surface area contributed by atoms with Gasteiger partial charge in [-0.25, -0.2) is 0 Å². The van der Waals surface area contributed by atoms with Gasteiger partial charge in [0.05, 0.1) is 0 Å². The van der Waals surface area contributed by atoms with Gasteiger partial charge in [0.1, 0.15) is 0 Å². The molecule has 3 heteroatoms. The van der Waals surface area contributed by atoms with Gasteiger partial charge in [-0.3, -0.25) is 0 Å². The van der Waals surface area contributed by atoms with Crippen molar-refractivity contribution >= 4 is 0 Å². The lowest BCUT2D eigenvalue weighted by atomic mass is 9.90. The van der Waals surface area contributed by atoms with Gasteiger partial charge in [0.15, 0.2) is 0 Å². The first-order valence-corrected chi connectivity index (χ1v) is 8.60. The Kier molecular flexibility index (Phi) is 6.42. The second-order valence-electron chi connectivity index (χ2n) is 7.69. The van der Waals surface area contributed by atoms with Crippen molar-refractivity contribution < 1.29 is 0 Å². The molecule has 0 spiro atoms. The highest BCUT2D eigenvalue weighted by atomic mass is 15.2. The highest BCUT2D eigenvalue weighted by Gasteiger charge is 2.26. The third-order valence-corrected chi connectivity index (χ3v) is 4.56. The molecule has 0 amide bonds. The fourth-order valence-electron chi connectivity index (χ4n) is 3.77. The summed E-state index contributed by atoms with van der Waals surface area (Å²) in [6.45, 7) is 10.6. The maximum absolute atomic E-state index is 3.44. The van der Waals surface area contributed by atoms with Crippen LogP contribution in [0.1, 0.15) is 32.3 Å². The Bertz CT molecular complexity index is 430. The predicted octanol–water partition coefficient (Wildman–Crippen LogP) is 2.83. The van der Waals surface area contributed by atoms with Crippen molar-refractivity contribution in [3.63, 3.8) is 0 Å². The zero-order valence-corrected chi connectivity index (χ0v) is 14.8. The number of benzene rings is 1. The Morgan fingerprint density at radius 3 is 2.68 bits per heavy atom. The van der Waals surface area contributed by atoms with Gasteiger partial charge in [-0.15, -0.1) is 0 Å². The molecule has 1 aromatic rings. The number of hydrogen-bond acceptors (Lipinski definition) is 3. The zero-order chi connectivity index (χ0) is 16.0. The van der Waals surface area contributed by atoms with Crippen LogP contribution < -0.4 is 5.32 Å². The van der Waals surface area contributed by atoms with E-state index < -0.39 is 0 Å². The van der Waals surface area contributed by atoms with Gasteiger partial charge in [0.25, 0.3) is 0 Å². The van der Waals surface area contributed by atoms with Crippen LogP contribution in [-0.2, 0) is 6.54 Å². The summed E-state index contributed by atoms with van der Waals surface area (Å²) >= 11 is 0. The number of nitrogens with one attached hydrogen (secondary N) is 1. The number of likely N-dealkylation sites (tertiary alicyclic amines) is 1. The number of likely N-dealkylation sites (N-methyl/N-ethyl adjacent to an activating group) is 1. The highest BCUT2D eigenvalue weighted by Crippen LogP contribution is 2.22. The van der Waals surface area contributed by atoms with Gasteiger partial charge in [-0.2, -0.15) is 0 Å². The number of nitrogens with zero attached hydrogens (tertiary/aromatic N) is 2. The zero-order valence-electron chi connectivity index (χ0n) is 14.8. The van der Waals surface area contributed by atoms with Crippen molar-refractivity contribution in [3.8, 4) is 0 Å². The molecule has 1 atom stereocenters. The molecule has 1 N–H and O–H groups in total. The highest BCUT2D eigenvalue weighted by molar-refractivity contribution is 5.14. The standard InChI is InChI=1S/C19H33N3/c1-19(2,16-22-12-8-11-18(14-22)20-3)15-21(4)13-17-9-6-5-7-10-17/h5-7,9-10,18,20H,8,11-16H2,1-4H3. The van der Waals surface area contributed by atoms with Crippen LogP contribution in [0.5, 0.6) is 0 Å². The normalized spacial score (nSPS) is 20.5. The smallest absolute Gasteiger partial charge is 0.0230 e. The van der Waals surface area contributed by atoms with Gasteiger partial charge in [-0.1, -0.05) is 44.2 Å². The molecule has 22 heavy (non-hydrogen) atoms. The van der Waals surface area contributed by atoms with Crippen molar-refractivity contribution in [1.29, 1.82) is 0 Å². The summed E-state index contributed by atoms with van der Waals surface area (Å²) < 4.78 is 0. The van der Waals surface area contributed by atoms with E-state index in [-0.39, 0.29) is 0 Å². The fraction of sp³-hybridized carbons (Fsp3) is 0.684. The molecule has 3 nitrogen and oxygen atoms in total. The van der Waals surface area contributed by atoms with E-state index in [2.05, 4.69) is 73.4 Å². The van der Waals surface area contributed by atoms with E-state index in [4.69, 9.17) is 0 Å². The second-order valence-corrected chi connectivity index (χ2v) is 7.69. The second kappa shape index (κ2) is 8.09. The molecule has 1 aromatic carbocycles. The molecular weight excluding hydrogens is 270 g/mol. The summed E-state index contributed by atoms with van der Waals surface area (Å²) in [7, 11) is 4.33. The Balaban J connectivity index is 1.82. The van der Waals surface area contributed by atoms with Gasteiger partial charge in [0.2, 0.25) is 0 Å². The molecule has 1 unspecified atom stereocenters. The summed E-state index contributed by atoms with van der Waals surface area (Å²) in [6.07, 6.45) is 2.64. The lowest BCUT2D eigenvalue weighted by Crippen LogP contribution is -2.49. The Labute approximate surface area is 136 Å². The quantitative estimate of drug-likeness (QED) is 0.835. The molecule has 124 valence electrons. The van der Waals surface area contributed by atoms with E-state index in [1.807, 2.05) is 0 Å². The Morgan fingerprint density at radius 2 is 2.00 bits per heavy atom. The van der Waals surface area contributed by atoms with Crippen molar-refractivity contribution in [1.82, 2.24) is 15.1 Å². The molecule has 1 saturated heterocycles. The Morgan fingerprint density at radius 1 is 1.27 bits per heavy atom. The van der Waals surface area contributed by atoms with E-state index in [0.717, 1.165) is 13.1 Å². The van der Waals surface area contributed by atoms with Gasteiger partial charge < -0.3 is 15.1 Å². The van der Waals surface area contributed by atoms with Crippen molar-refractivity contribution in [2.45, 2.75) is 39.3 Å². The maximum atomic E-state index is 3.44. The van der Waals surface area contributed by atoms with Crippen LogP contribution in [0.15, 0.2) is 30.3 Å². The molecule has 0 aliphatic carbocycles. The largest absolute Gasteiger partial charge is 0.316 e. The first-order valence-electron chi connectivity index (χ1n) is 8.60. The first-order chi connectivity index (χ1) is 10.5. The summed E-state index contributed by atoms with van der Waals surface area (Å²) in [4.78, 5) is 5.09. The molecular formula is C19H33N3. The SMILES string of the molecule is CNC1CCCN(CC(C)(C)CN(C)Cc2ccccc2)C1. The van der Waals surface area contributed by atoms with Crippen LogP contribution in [0.2, 0.25) is 0 Å². The number of rotatable bonds is 7. The van der Waals surface area contributed by atoms with Crippen molar-refractivity contribution in [3.05, 3.63) is 35.9 Å². The minimum Gasteiger partial charge on any atom is -0.316 e. The van der Waals surface area contributed by atoms with Gasteiger partial charge in [0, 0.05) is 32.2 Å². The first kappa shape index (κ1) is 17.5. The molecule has 1 aliphatic rings. The number of piperidine rings is 1. The van der Waals surface area contributed by atoms with E-state index in [9.17, 15) is 0 Å². The maximum Gasteiger partial charge on any atom is 0.0230 e. The minimum absolute atomic E-state index is 0.319. The van der Waals surface area contributed by atoms with Crippen LogP contribution in [-0.4, -0.2) is 56.1 Å². The topological polar surface area (TPSA) is 18.5 Å². The van der Waals surface area contributed by atoms with Gasteiger partial charge >= 0.3 is 0 Å². The molecule has 1 aliphatic heterocycles. The minimum atomic E-state index is 0.319. The van der Waals surface area contributed by atoms with E-state index in [1.165, 1.54) is 38.0 Å². The summed E-state index contributed by atoms with van der Waals surface area (Å²) in [5.41, 5.74) is 1.72. The predicted molar refractivity (Wildman–Crippen MR) is 95.1 cm³/mol.